The third-order valence-electron chi connectivity index (χ3n) is 4.13. The van der Waals surface area contributed by atoms with Gasteiger partial charge in [-0.3, -0.25) is 4.90 Å². The lowest BCUT2D eigenvalue weighted by Gasteiger charge is -2.40. The highest BCUT2D eigenvalue weighted by molar-refractivity contribution is 4.82. The molecule has 1 N–H and O–H groups in total. The van der Waals surface area contributed by atoms with Crippen molar-refractivity contribution in [3.8, 4) is 0 Å². The molecule has 0 radical (unpaired) electrons. The van der Waals surface area contributed by atoms with Crippen molar-refractivity contribution in [1.29, 1.82) is 0 Å². The molecule has 1 aliphatic carbocycles. The molecule has 1 heterocycles. The normalized spacial score (nSPS) is 35.6. The van der Waals surface area contributed by atoms with Gasteiger partial charge >= 0.3 is 0 Å². The van der Waals surface area contributed by atoms with Crippen molar-refractivity contribution in [3.63, 3.8) is 0 Å². The van der Waals surface area contributed by atoms with Crippen LogP contribution in [0.1, 0.15) is 25.7 Å². The number of rotatable bonds is 2. The number of nitrogens with zero attached hydrogens (tertiary/aromatic N) is 2. The lowest BCUT2D eigenvalue weighted by atomic mass is 9.85. The van der Waals surface area contributed by atoms with E-state index in [1.165, 1.54) is 51.9 Å². The van der Waals surface area contributed by atoms with Crippen LogP contribution in [0.25, 0.3) is 0 Å². The first-order valence-electron chi connectivity index (χ1n) is 6.33. The Balaban J connectivity index is 1.75. The summed E-state index contributed by atoms with van der Waals surface area (Å²) < 4.78 is 0. The Labute approximate surface area is 93.1 Å². The number of likely N-dealkylation sites (N-methyl/N-ethyl adjacent to an activating group) is 1. The summed E-state index contributed by atoms with van der Waals surface area (Å²) in [5, 5.41) is 9.10. The summed E-state index contributed by atoms with van der Waals surface area (Å²) in [4.78, 5) is 5.07. The topological polar surface area (TPSA) is 26.7 Å². The van der Waals surface area contributed by atoms with Crippen LogP contribution in [-0.4, -0.2) is 60.8 Å². The minimum atomic E-state index is 0.398. The van der Waals surface area contributed by atoms with Crippen molar-refractivity contribution in [2.45, 2.75) is 31.7 Å². The second-order valence-electron chi connectivity index (χ2n) is 5.20. The molecule has 15 heavy (non-hydrogen) atoms. The lowest BCUT2D eigenvalue weighted by Crippen LogP contribution is -2.50. The van der Waals surface area contributed by atoms with Gasteiger partial charge in [0.15, 0.2) is 0 Å². The van der Waals surface area contributed by atoms with Gasteiger partial charge in [0.25, 0.3) is 0 Å². The smallest absolute Gasteiger partial charge is 0.0459 e. The zero-order valence-corrected chi connectivity index (χ0v) is 9.86. The third kappa shape index (κ3) is 2.92. The molecular weight excluding hydrogens is 188 g/mol. The van der Waals surface area contributed by atoms with Crippen molar-refractivity contribution in [2.75, 3.05) is 39.8 Å². The first kappa shape index (κ1) is 11.4. The molecule has 1 aliphatic heterocycles. The van der Waals surface area contributed by atoms with Crippen LogP contribution in [0.3, 0.4) is 0 Å². The largest absolute Gasteiger partial charge is 0.396 e. The van der Waals surface area contributed by atoms with Gasteiger partial charge in [-0.25, -0.2) is 0 Å². The van der Waals surface area contributed by atoms with Gasteiger partial charge in [0.1, 0.15) is 0 Å². The molecule has 0 unspecified atom stereocenters. The summed E-state index contributed by atoms with van der Waals surface area (Å²) in [6.45, 7) is 5.32. The van der Waals surface area contributed by atoms with Gasteiger partial charge in [-0.1, -0.05) is 0 Å². The van der Waals surface area contributed by atoms with Gasteiger partial charge in [0.2, 0.25) is 0 Å². The third-order valence-corrected chi connectivity index (χ3v) is 4.13. The van der Waals surface area contributed by atoms with Gasteiger partial charge in [0, 0.05) is 38.8 Å². The SMILES string of the molecule is CN1CCN(C2CCC(CO)CC2)CC1. The Bertz CT molecular complexity index is 182. The van der Waals surface area contributed by atoms with Crippen LogP contribution in [-0.2, 0) is 0 Å². The molecular formula is C12H24N2O. The molecule has 0 atom stereocenters. The predicted molar refractivity (Wildman–Crippen MR) is 61.9 cm³/mol. The lowest BCUT2D eigenvalue weighted by molar-refractivity contribution is 0.0710. The first-order chi connectivity index (χ1) is 7.29. The minimum Gasteiger partial charge on any atom is -0.396 e. The molecule has 1 saturated carbocycles. The Hall–Kier alpha value is -0.120. The molecule has 3 nitrogen and oxygen atoms in total. The van der Waals surface area contributed by atoms with Crippen LogP contribution in [0.15, 0.2) is 0 Å². The van der Waals surface area contributed by atoms with Crippen LogP contribution in [0.2, 0.25) is 0 Å². The van der Waals surface area contributed by atoms with Crippen molar-refractivity contribution in [3.05, 3.63) is 0 Å². The van der Waals surface area contributed by atoms with Crippen molar-refractivity contribution < 1.29 is 5.11 Å². The Morgan fingerprint density at radius 3 is 2.13 bits per heavy atom. The van der Waals surface area contributed by atoms with E-state index in [1.807, 2.05) is 0 Å². The van der Waals surface area contributed by atoms with E-state index < -0.39 is 0 Å². The van der Waals surface area contributed by atoms with E-state index >= 15 is 0 Å². The summed E-state index contributed by atoms with van der Waals surface area (Å²) in [6, 6.07) is 0.807. The summed E-state index contributed by atoms with van der Waals surface area (Å²) in [6.07, 6.45) is 5.06. The quantitative estimate of drug-likeness (QED) is 0.733. The fraction of sp³-hybridized carbons (Fsp3) is 1.00. The average Bonchev–Trinajstić information content (AvgIpc) is 2.30. The van der Waals surface area contributed by atoms with E-state index in [1.54, 1.807) is 0 Å². The Morgan fingerprint density at radius 1 is 1.00 bits per heavy atom. The van der Waals surface area contributed by atoms with Gasteiger partial charge in [-0.2, -0.15) is 0 Å². The molecule has 0 bridgehead atoms. The molecule has 3 heteroatoms. The van der Waals surface area contributed by atoms with E-state index in [0.717, 1.165) is 6.04 Å². The molecule has 0 aromatic rings. The maximum absolute atomic E-state index is 9.10. The highest BCUT2D eigenvalue weighted by Gasteiger charge is 2.26. The summed E-state index contributed by atoms with van der Waals surface area (Å²) in [7, 11) is 2.21. The van der Waals surface area contributed by atoms with Gasteiger partial charge in [-0.15, -0.1) is 0 Å². The van der Waals surface area contributed by atoms with E-state index in [9.17, 15) is 0 Å². The highest BCUT2D eigenvalue weighted by Crippen LogP contribution is 2.27. The number of aliphatic hydroxyl groups is 1. The zero-order chi connectivity index (χ0) is 10.7. The van der Waals surface area contributed by atoms with E-state index in [2.05, 4.69) is 16.8 Å². The number of hydrogen-bond acceptors (Lipinski definition) is 3. The predicted octanol–water partition coefficient (Wildman–Crippen LogP) is 0.785. The van der Waals surface area contributed by atoms with E-state index in [4.69, 9.17) is 5.11 Å². The zero-order valence-electron chi connectivity index (χ0n) is 9.86. The Kier molecular flexibility index (Phi) is 4.00. The molecule has 0 amide bonds. The average molecular weight is 212 g/mol. The first-order valence-corrected chi connectivity index (χ1v) is 6.33. The van der Waals surface area contributed by atoms with Crippen molar-refractivity contribution >= 4 is 0 Å². The van der Waals surface area contributed by atoms with Crippen LogP contribution in [0.4, 0.5) is 0 Å². The van der Waals surface area contributed by atoms with Gasteiger partial charge < -0.3 is 10.0 Å². The highest BCUT2D eigenvalue weighted by atomic mass is 16.3. The van der Waals surface area contributed by atoms with E-state index in [0.29, 0.717) is 12.5 Å². The fourth-order valence-corrected chi connectivity index (χ4v) is 2.88. The molecule has 88 valence electrons. The molecule has 2 fully saturated rings. The molecule has 2 rings (SSSR count). The number of aliphatic hydroxyl groups excluding tert-OH is 1. The molecule has 2 aliphatic rings. The summed E-state index contributed by atoms with van der Waals surface area (Å²) in [5.41, 5.74) is 0. The molecule has 0 spiro atoms. The monoisotopic (exact) mass is 212 g/mol. The van der Waals surface area contributed by atoms with Crippen LogP contribution in [0.5, 0.6) is 0 Å². The summed E-state index contributed by atoms with van der Waals surface area (Å²) in [5.74, 6) is 0.591. The molecule has 0 aromatic carbocycles. The second kappa shape index (κ2) is 5.28. The Morgan fingerprint density at radius 2 is 1.60 bits per heavy atom. The minimum absolute atomic E-state index is 0.398. The summed E-state index contributed by atoms with van der Waals surface area (Å²) >= 11 is 0. The van der Waals surface area contributed by atoms with Crippen molar-refractivity contribution in [2.24, 2.45) is 5.92 Å². The number of hydrogen-bond donors (Lipinski definition) is 1. The van der Waals surface area contributed by atoms with E-state index in [-0.39, 0.29) is 0 Å². The second-order valence-corrected chi connectivity index (χ2v) is 5.20. The van der Waals surface area contributed by atoms with Crippen LogP contribution >= 0.6 is 0 Å². The molecule has 0 aromatic heterocycles. The maximum Gasteiger partial charge on any atom is 0.0459 e. The van der Waals surface area contributed by atoms with Crippen LogP contribution in [0, 0.1) is 5.92 Å². The van der Waals surface area contributed by atoms with Crippen LogP contribution < -0.4 is 0 Å². The van der Waals surface area contributed by atoms with Crippen molar-refractivity contribution in [1.82, 2.24) is 9.80 Å². The van der Waals surface area contributed by atoms with Gasteiger partial charge in [0.05, 0.1) is 0 Å². The standard InChI is InChI=1S/C12H24N2O/c1-13-6-8-14(9-7-13)12-4-2-11(10-15)3-5-12/h11-12,15H,2-10H2,1H3. The molecule has 1 saturated heterocycles. The fourth-order valence-electron chi connectivity index (χ4n) is 2.88. The number of piperazine rings is 1. The van der Waals surface area contributed by atoms with Gasteiger partial charge in [-0.05, 0) is 38.6 Å². The maximum atomic E-state index is 9.10.